The van der Waals surface area contributed by atoms with Crippen molar-refractivity contribution < 1.29 is 5.11 Å². The second-order valence-corrected chi connectivity index (χ2v) is 4.11. The van der Waals surface area contributed by atoms with Crippen LogP contribution in [0.5, 0.6) is 0 Å². The van der Waals surface area contributed by atoms with Gasteiger partial charge in [-0.3, -0.25) is 0 Å². The topological polar surface area (TPSA) is 37.5 Å². The fraction of sp³-hybridized carbons (Fsp3) is 0.300. The summed E-state index contributed by atoms with van der Waals surface area (Å²) in [5.74, 6) is 0. The van der Waals surface area contributed by atoms with Gasteiger partial charge in [0.25, 0.3) is 0 Å². The molecule has 4 heteroatoms. The van der Waals surface area contributed by atoms with Gasteiger partial charge in [-0.2, -0.15) is 5.10 Å². The van der Waals surface area contributed by atoms with E-state index in [0.717, 1.165) is 15.6 Å². The molecule has 1 atom stereocenters. The van der Waals surface area contributed by atoms with Gasteiger partial charge in [-0.15, -0.1) is 0 Å². The van der Waals surface area contributed by atoms with E-state index in [2.05, 4.69) is 21.0 Å². The highest BCUT2D eigenvalue weighted by atomic mass is 79.9. The van der Waals surface area contributed by atoms with Crippen LogP contribution in [0.3, 0.4) is 0 Å². The standard InChI is InChI=1S/C10H11BrN2O/c1-2-10(14)8-6-12-13-4-3-7(11)5-9(8)13/h3-6,10,14H,2H2,1H3. The quantitative estimate of drug-likeness (QED) is 0.895. The van der Waals surface area contributed by atoms with Crippen molar-refractivity contribution in [1.29, 1.82) is 0 Å². The minimum Gasteiger partial charge on any atom is -0.388 e. The molecule has 0 saturated heterocycles. The number of rotatable bonds is 2. The molecule has 2 heterocycles. The minimum atomic E-state index is -0.429. The largest absolute Gasteiger partial charge is 0.388 e. The van der Waals surface area contributed by atoms with Gasteiger partial charge in [-0.05, 0) is 18.6 Å². The van der Waals surface area contributed by atoms with Gasteiger partial charge in [0.1, 0.15) is 0 Å². The molecule has 0 bridgehead atoms. The SMILES string of the molecule is CCC(O)c1cnn2ccc(Br)cc12. The third-order valence-corrected chi connectivity index (χ3v) is 2.75. The van der Waals surface area contributed by atoms with Crippen molar-refractivity contribution in [1.82, 2.24) is 9.61 Å². The first-order chi connectivity index (χ1) is 6.72. The molecule has 0 aliphatic heterocycles. The fourth-order valence-corrected chi connectivity index (χ4v) is 1.79. The first-order valence-corrected chi connectivity index (χ1v) is 5.32. The summed E-state index contributed by atoms with van der Waals surface area (Å²) in [6.07, 6.45) is 3.86. The molecule has 0 spiro atoms. The Morgan fingerprint density at radius 3 is 3.14 bits per heavy atom. The van der Waals surface area contributed by atoms with E-state index >= 15 is 0 Å². The van der Waals surface area contributed by atoms with E-state index in [1.807, 2.05) is 25.3 Å². The summed E-state index contributed by atoms with van der Waals surface area (Å²) in [4.78, 5) is 0. The molecule has 0 aliphatic carbocycles. The van der Waals surface area contributed by atoms with Crippen molar-refractivity contribution in [2.24, 2.45) is 0 Å². The normalized spacial score (nSPS) is 13.4. The summed E-state index contributed by atoms with van der Waals surface area (Å²) in [6.45, 7) is 1.95. The monoisotopic (exact) mass is 254 g/mol. The maximum absolute atomic E-state index is 9.74. The Bertz CT molecular complexity index is 452. The zero-order valence-corrected chi connectivity index (χ0v) is 9.40. The van der Waals surface area contributed by atoms with Gasteiger partial charge in [-0.1, -0.05) is 22.9 Å². The van der Waals surface area contributed by atoms with Gasteiger partial charge in [0.15, 0.2) is 0 Å². The molecular weight excluding hydrogens is 244 g/mol. The lowest BCUT2D eigenvalue weighted by Gasteiger charge is -2.05. The van der Waals surface area contributed by atoms with Crippen molar-refractivity contribution in [2.45, 2.75) is 19.4 Å². The van der Waals surface area contributed by atoms with Crippen molar-refractivity contribution in [3.63, 3.8) is 0 Å². The number of nitrogens with zero attached hydrogens (tertiary/aromatic N) is 2. The van der Waals surface area contributed by atoms with Crippen LogP contribution in [-0.2, 0) is 0 Å². The molecule has 3 nitrogen and oxygen atoms in total. The average molecular weight is 255 g/mol. The maximum Gasteiger partial charge on any atom is 0.0824 e. The molecule has 0 aliphatic rings. The Morgan fingerprint density at radius 2 is 2.43 bits per heavy atom. The number of hydrogen-bond donors (Lipinski definition) is 1. The highest BCUT2D eigenvalue weighted by molar-refractivity contribution is 9.10. The van der Waals surface area contributed by atoms with E-state index in [9.17, 15) is 5.11 Å². The Labute approximate surface area is 90.5 Å². The summed E-state index contributed by atoms with van der Waals surface area (Å²) in [6, 6.07) is 3.88. The van der Waals surface area contributed by atoms with Crippen molar-refractivity contribution >= 4 is 21.4 Å². The Kier molecular flexibility index (Phi) is 2.56. The highest BCUT2D eigenvalue weighted by Crippen LogP contribution is 2.23. The van der Waals surface area contributed by atoms with Gasteiger partial charge >= 0.3 is 0 Å². The van der Waals surface area contributed by atoms with Crippen molar-refractivity contribution in [2.75, 3.05) is 0 Å². The van der Waals surface area contributed by atoms with Crippen LogP contribution < -0.4 is 0 Å². The van der Waals surface area contributed by atoms with Crippen LogP contribution >= 0.6 is 15.9 Å². The molecule has 74 valence electrons. The number of aliphatic hydroxyl groups is 1. The third kappa shape index (κ3) is 1.55. The Hall–Kier alpha value is -0.870. The van der Waals surface area contributed by atoms with Crippen LogP contribution in [0.4, 0.5) is 0 Å². The van der Waals surface area contributed by atoms with E-state index in [1.165, 1.54) is 0 Å². The number of hydrogen-bond acceptors (Lipinski definition) is 2. The van der Waals surface area contributed by atoms with Gasteiger partial charge in [0.05, 0.1) is 17.8 Å². The number of aliphatic hydroxyl groups excluding tert-OH is 1. The second kappa shape index (κ2) is 3.71. The Balaban J connectivity index is 2.61. The summed E-state index contributed by atoms with van der Waals surface area (Å²) < 4.78 is 2.76. The maximum atomic E-state index is 9.74. The molecule has 2 aromatic rings. The minimum absolute atomic E-state index is 0.429. The van der Waals surface area contributed by atoms with Gasteiger partial charge in [-0.25, -0.2) is 4.52 Å². The number of aromatic nitrogens is 2. The van der Waals surface area contributed by atoms with E-state index in [0.29, 0.717) is 6.42 Å². The first-order valence-electron chi connectivity index (χ1n) is 4.53. The van der Waals surface area contributed by atoms with E-state index < -0.39 is 6.10 Å². The molecule has 2 aromatic heterocycles. The van der Waals surface area contributed by atoms with E-state index in [-0.39, 0.29) is 0 Å². The van der Waals surface area contributed by atoms with Crippen LogP contribution in [0.15, 0.2) is 29.0 Å². The van der Waals surface area contributed by atoms with Gasteiger partial charge < -0.3 is 5.11 Å². The Morgan fingerprint density at radius 1 is 1.64 bits per heavy atom. The smallest absolute Gasteiger partial charge is 0.0824 e. The zero-order valence-electron chi connectivity index (χ0n) is 7.81. The molecule has 0 radical (unpaired) electrons. The predicted molar refractivity (Wildman–Crippen MR) is 58.1 cm³/mol. The molecule has 1 unspecified atom stereocenters. The lowest BCUT2D eigenvalue weighted by atomic mass is 10.1. The molecular formula is C10H11BrN2O. The second-order valence-electron chi connectivity index (χ2n) is 3.20. The molecule has 0 aromatic carbocycles. The van der Waals surface area contributed by atoms with Crippen molar-refractivity contribution in [3.05, 3.63) is 34.6 Å². The fourth-order valence-electron chi connectivity index (χ4n) is 1.45. The molecule has 0 amide bonds. The summed E-state index contributed by atoms with van der Waals surface area (Å²) in [5, 5.41) is 13.9. The van der Waals surface area contributed by atoms with Crippen LogP contribution in [0.2, 0.25) is 0 Å². The molecule has 2 rings (SSSR count). The van der Waals surface area contributed by atoms with E-state index in [1.54, 1.807) is 10.7 Å². The molecule has 0 saturated carbocycles. The summed E-state index contributed by atoms with van der Waals surface area (Å²) in [7, 11) is 0. The zero-order chi connectivity index (χ0) is 10.1. The van der Waals surface area contributed by atoms with Crippen molar-refractivity contribution in [3.8, 4) is 0 Å². The summed E-state index contributed by atoms with van der Waals surface area (Å²) in [5.41, 5.74) is 1.84. The van der Waals surface area contributed by atoms with Gasteiger partial charge in [0, 0.05) is 16.2 Å². The number of pyridine rings is 1. The summed E-state index contributed by atoms with van der Waals surface area (Å²) >= 11 is 3.40. The van der Waals surface area contributed by atoms with Crippen LogP contribution in [0, 0.1) is 0 Å². The lowest BCUT2D eigenvalue weighted by Crippen LogP contribution is -1.94. The molecule has 0 fully saturated rings. The first kappa shape index (κ1) is 9.68. The number of halogens is 1. The highest BCUT2D eigenvalue weighted by Gasteiger charge is 2.11. The van der Waals surface area contributed by atoms with Crippen LogP contribution in [0.25, 0.3) is 5.52 Å². The predicted octanol–water partition coefficient (Wildman–Crippen LogP) is 2.54. The number of fused-ring (bicyclic) bond motifs is 1. The molecule has 14 heavy (non-hydrogen) atoms. The third-order valence-electron chi connectivity index (χ3n) is 2.26. The van der Waals surface area contributed by atoms with Crippen LogP contribution in [-0.4, -0.2) is 14.7 Å². The van der Waals surface area contributed by atoms with Gasteiger partial charge in [0.2, 0.25) is 0 Å². The average Bonchev–Trinajstić information content (AvgIpc) is 2.59. The molecule has 1 N–H and O–H groups in total. The lowest BCUT2D eigenvalue weighted by molar-refractivity contribution is 0.175. The van der Waals surface area contributed by atoms with E-state index in [4.69, 9.17) is 0 Å². The van der Waals surface area contributed by atoms with Crippen LogP contribution in [0.1, 0.15) is 25.0 Å².